The highest BCUT2D eigenvalue weighted by Gasteiger charge is 2.13. The molecule has 2 rings (SSSR count). The molecule has 0 aromatic heterocycles. The summed E-state index contributed by atoms with van der Waals surface area (Å²) in [7, 11) is 4.58. The molecule has 0 spiro atoms. The predicted molar refractivity (Wildman–Crippen MR) is 116 cm³/mol. The molecule has 0 aliphatic carbocycles. The molecule has 6 nitrogen and oxygen atoms in total. The van der Waals surface area contributed by atoms with Crippen LogP contribution in [-0.4, -0.2) is 44.5 Å². The number of carbonyl (C=O) groups excluding carboxylic acids is 2. The molecule has 0 unspecified atom stereocenters. The van der Waals surface area contributed by atoms with Gasteiger partial charge in [0, 0.05) is 18.8 Å². The van der Waals surface area contributed by atoms with Crippen LogP contribution in [-0.2, 0) is 9.59 Å². The summed E-state index contributed by atoms with van der Waals surface area (Å²) in [6.45, 7) is 3.85. The van der Waals surface area contributed by atoms with Gasteiger partial charge in [0.2, 0.25) is 11.8 Å². The van der Waals surface area contributed by atoms with E-state index < -0.39 is 0 Å². The van der Waals surface area contributed by atoms with E-state index in [0.717, 1.165) is 16.8 Å². The lowest BCUT2D eigenvalue weighted by Gasteiger charge is -2.16. The van der Waals surface area contributed by atoms with Crippen LogP contribution in [0.15, 0.2) is 36.4 Å². The molecular weight excluding hydrogens is 392 g/mol. The minimum Gasteiger partial charge on any atom is -0.493 e. The first kappa shape index (κ1) is 22.3. The van der Waals surface area contributed by atoms with Crippen molar-refractivity contribution in [1.29, 1.82) is 0 Å². The van der Waals surface area contributed by atoms with Gasteiger partial charge in [-0.05, 0) is 54.8 Å². The number of nitrogens with zero attached hydrogens (tertiary/aromatic N) is 1. The summed E-state index contributed by atoms with van der Waals surface area (Å²) in [5.74, 6) is 0.315. The van der Waals surface area contributed by atoms with Crippen LogP contribution in [0.1, 0.15) is 16.7 Å². The van der Waals surface area contributed by atoms with Crippen molar-refractivity contribution in [1.82, 2.24) is 4.90 Å². The Kier molecular flexibility index (Phi) is 7.67. The SMILES string of the molecule is COc1cc(/C=C/C(=O)N(C)CC(=O)Nc2cccc(C)c2C)cc(Cl)c1OC. The van der Waals surface area contributed by atoms with Crippen LogP contribution in [0, 0.1) is 13.8 Å². The number of rotatable bonds is 7. The quantitative estimate of drug-likeness (QED) is 0.690. The summed E-state index contributed by atoms with van der Waals surface area (Å²) < 4.78 is 10.4. The summed E-state index contributed by atoms with van der Waals surface area (Å²) in [5, 5.41) is 3.22. The second kappa shape index (κ2) is 9.98. The van der Waals surface area contributed by atoms with E-state index in [-0.39, 0.29) is 18.4 Å². The van der Waals surface area contributed by atoms with Crippen LogP contribution in [0.3, 0.4) is 0 Å². The van der Waals surface area contributed by atoms with E-state index in [0.29, 0.717) is 22.1 Å². The lowest BCUT2D eigenvalue weighted by Crippen LogP contribution is -2.34. The Hall–Kier alpha value is -2.99. The lowest BCUT2D eigenvalue weighted by molar-refractivity contribution is -0.129. The fourth-order valence-electron chi connectivity index (χ4n) is 2.70. The van der Waals surface area contributed by atoms with Crippen molar-refractivity contribution in [2.45, 2.75) is 13.8 Å². The van der Waals surface area contributed by atoms with E-state index in [1.54, 1.807) is 25.3 Å². The molecule has 0 bridgehead atoms. The third-order valence-electron chi connectivity index (χ3n) is 4.51. The van der Waals surface area contributed by atoms with Gasteiger partial charge in [-0.1, -0.05) is 23.7 Å². The Morgan fingerprint density at radius 1 is 1.17 bits per heavy atom. The van der Waals surface area contributed by atoms with E-state index >= 15 is 0 Å². The number of amides is 2. The molecule has 0 radical (unpaired) electrons. The molecule has 2 amide bonds. The number of likely N-dealkylation sites (N-methyl/N-ethyl adjacent to an activating group) is 1. The highest BCUT2D eigenvalue weighted by molar-refractivity contribution is 6.32. The average Bonchev–Trinajstić information content (AvgIpc) is 2.68. The molecular formula is C22H25ClN2O4. The Balaban J connectivity index is 2.02. The van der Waals surface area contributed by atoms with E-state index in [9.17, 15) is 9.59 Å². The van der Waals surface area contributed by atoms with Crippen LogP contribution in [0.5, 0.6) is 11.5 Å². The third kappa shape index (κ3) is 5.74. The average molecular weight is 417 g/mol. The first-order valence-corrected chi connectivity index (χ1v) is 9.35. The number of benzene rings is 2. The second-order valence-corrected chi connectivity index (χ2v) is 6.97. The summed E-state index contributed by atoms with van der Waals surface area (Å²) in [6.07, 6.45) is 2.98. The Labute approximate surface area is 176 Å². The maximum Gasteiger partial charge on any atom is 0.246 e. The van der Waals surface area contributed by atoms with Gasteiger partial charge in [0.15, 0.2) is 11.5 Å². The van der Waals surface area contributed by atoms with Gasteiger partial charge in [0.25, 0.3) is 0 Å². The van der Waals surface area contributed by atoms with Gasteiger partial charge in [-0.15, -0.1) is 0 Å². The minimum atomic E-state index is -0.313. The standard InChI is InChI=1S/C22H25ClN2O4/c1-14-7-6-8-18(15(14)2)24-20(26)13-25(3)21(27)10-9-16-11-17(23)22(29-5)19(12-16)28-4/h6-12H,13H2,1-5H3,(H,24,26)/b10-9+. The number of hydrogen-bond acceptors (Lipinski definition) is 4. The maximum absolute atomic E-state index is 12.4. The topological polar surface area (TPSA) is 67.9 Å². The number of aryl methyl sites for hydroxylation is 1. The number of methoxy groups -OCH3 is 2. The van der Waals surface area contributed by atoms with Crippen LogP contribution in [0.4, 0.5) is 5.69 Å². The van der Waals surface area contributed by atoms with Gasteiger partial charge in [0.1, 0.15) is 0 Å². The Morgan fingerprint density at radius 2 is 1.90 bits per heavy atom. The van der Waals surface area contributed by atoms with Gasteiger partial charge in [-0.3, -0.25) is 9.59 Å². The molecule has 0 heterocycles. The van der Waals surface area contributed by atoms with E-state index in [2.05, 4.69) is 5.32 Å². The van der Waals surface area contributed by atoms with Crippen LogP contribution < -0.4 is 14.8 Å². The zero-order valence-corrected chi connectivity index (χ0v) is 18.0. The summed E-state index contributed by atoms with van der Waals surface area (Å²) in [4.78, 5) is 26.0. The molecule has 0 saturated heterocycles. The number of hydrogen-bond donors (Lipinski definition) is 1. The number of anilines is 1. The number of halogens is 1. The van der Waals surface area contributed by atoms with Crippen molar-refractivity contribution in [3.05, 3.63) is 58.1 Å². The van der Waals surface area contributed by atoms with Crippen LogP contribution in [0.2, 0.25) is 5.02 Å². The van der Waals surface area contributed by atoms with Crippen LogP contribution >= 0.6 is 11.6 Å². The van der Waals surface area contributed by atoms with Gasteiger partial charge >= 0.3 is 0 Å². The minimum absolute atomic E-state index is 0.0662. The molecule has 154 valence electrons. The molecule has 0 atom stereocenters. The molecule has 0 aliphatic rings. The van der Waals surface area contributed by atoms with Crippen molar-refractivity contribution < 1.29 is 19.1 Å². The highest BCUT2D eigenvalue weighted by Crippen LogP contribution is 2.36. The smallest absolute Gasteiger partial charge is 0.246 e. The molecule has 2 aromatic rings. The van der Waals surface area contributed by atoms with E-state index in [1.165, 1.54) is 25.2 Å². The number of nitrogens with one attached hydrogen (secondary N) is 1. The molecule has 0 saturated carbocycles. The number of ether oxygens (including phenoxy) is 2. The largest absolute Gasteiger partial charge is 0.493 e. The Morgan fingerprint density at radius 3 is 2.55 bits per heavy atom. The predicted octanol–water partition coefficient (Wildman–Crippen LogP) is 4.08. The second-order valence-electron chi connectivity index (χ2n) is 6.56. The van der Waals surface area contributed by atoms with Crippen molar-refractivity contribution in [3.63, 3.8) is 0 Å². The number of carbonyl (C=O) groups is 2. The Bertz CT molecular complexity index is 941. The van der Waals surface area contributed by atoms with Gasteiger partial charge < -0.3 is 19.7 Å². The van der Waals surface area contributed by atoms with Gasteiger partial charge in [0.05, 0.1) is 25.8 Å². The van der Waals surface area contributed by atoms with E-state index in [4.69, 9.17) is 21.1 Å². The molecule has 2 aromatic carbocycles. The van der Waals surface area contributed by atoms with Crippen molar-refractivity contribution >= 4 is 35.2 Å². The zero-order chi connectivity index (χ0) is 21.6. The molecule has 7 heteroatoms. The molecule has 29 heavy (non-hydrogen) atoms. The maximum atomic E-state index is 12.4. The highest BCUT2D eigenvalue weighted by atomic mass is 35.5. The van der Waals surface area contributed by atoms with Gasteiger partial charge in [-0.25, -0.2) is 0 Å². The van der Waals surface area contributed by atoms with E-state index in [1.807, 2.05) is 32.0 Å². The fraction of sp³-hybridized carbons (Fsp3) is 0.273. The zero-order valence-electron chi connectivity index (χ0n) is 17.2. The first-order valence-electron chi connectivity index (χ1n) is 8.97. The lowest BCUT2D eigenvalue weighted by atomic mass is 10.1. The normalized spacial score (nSPS) is 10.7. The molecule has 1 N–H and O–H groups in total. The first-order chi connectivity index (χ1) is 13.8. The summed E-state index contributed by atoms with van der Waals surface area (Å²) in [5.41, 5.74) is 3.50. The van der Waals surface area contributed by atoms with Gasteiger partial charge in [-0.2, -0.15) is 0 Å². The molecule has 0 aliphatic heterocycles. The summed E-state index contributed by atoms with van der Waals surface area (Å²) in [6, 6.07) is 9.07. The van der Waals surface area contributed by atoms with Crippen molar-refractivity contribution in [3.8, 4) is 11.5 Å². The summed E-state index contributed by atoms with van der Waals surface area (Å²) >= 11 is 6.17. The van der Waals surface area contributed by atoms with Crippen molar-refractivity contribution in [2.75, 3.05) is 33.1 Å². The van der Waals surface area contributed by atoms with Crippen molar-refractivity contribution in [2.24, 2.45) is 0 Å². The molecule has 0 fully saturated rings. The third-order valence-corrected chi connectivity index (χ3v) is 4.79. The fourth-order valence-corrected chi connectivity index (χ4v) is 2.99. The monoisotopic (exact) mass is 416 g/mol. The van der Waals surface area contributed by atoms with Crippen LogP contribution in [0.25, 0.3) is 6.08 Å².